The number of carbonyl (C=O) groups excluding carboxylic acids is 1. The molecule has 0 radical (unpaired) electrons. The first kappa shape index (κ1) is 11.0. The van der Waals surface area contributed by atoms with E-state index in [2.05, 4.69) is 13.8 Å². The SMILES string of the molecule is CCC(C)(CC(C)C)C(=O)Cl. The predicted octanol–water partition coefficient (Wildman–Crippen LogP) is 3.21. The fraction of sp³-hybridized carbons (Fsp3) is 0.889. The maximum Gasteiger partial charge on any atom is 0.227 e. The van der Waals surface area contributed by atoms with E-state index in [0.717, 1.165) is 12.8 Å². The third-order valence-electron chi connectivity index (χ3n) is 2.11. The Morgan fingerprint density at radius 2 is 2.00 bits per heavy atom. The molecule has 0 aromatic carbocycles. The molecular formula is C9H17ClO. The number of hydrogen-bond acceptors (Lipinski definition) is 1. The van der Waals surface area contributed by atoms with Gasteiger partial charge in [-0.15, -0.1) is 0 Å². The predicted molar refractivity (Wildman–Crippen MR) is 48.7 cm³/mol. The fourth-order valence-electron chi connectivity index (χ4n) is 1.26. The van der Waals surface area contributed by atoms with E-state index in [-0.39, 0.29) is 10.7 Å². The Hall–Kier alpha value is -0.0400. The molecule has 1 nitrogen and oxygen atoms in total. The maximum atomic E-state index is 11.0. The minimum Gasteiger partial charge on any atom is -0.281 e. The zero-order valence-corrected chi connectivity index (χ0v) is 8.53. The average Bonchev–Trinajstić information content (AvgIpc) is 1.86. The molecule has 0 saturated carbocycles. The Kier molecular flexibility index (Phi) is 4.09. The lowest BCUT2D eigenvalue weighted by Gasteiger charge is -2.25. The second-order valence-corrected chi connectivity index (χ2v) is 4.13. The van der Waals surface area contributed by atoms with Crippen molar-refractivity contribution in [3.63, 3.8) is 0 Å². The summed E-state index contributed by atoms with van der Waals surface area (Å²) in [5.41, 5.74) is -0.310. The molecule has 0 aliphatic heterocycles. The van der Waals surface area contributed by atoms with Crippen LogP contribution in [0.25, 0.3) is 0 Å². The van der Waals surface area contributed by atoms with Crippen molar-refractivity contribution in [1.82, 2.24) is 0 Å². The molecule has 0 fully saturated rings. The normalized spacial score (nSPS) is 16.5. The molecule has 0 heterocycles. The number of rotatable bonds is 4. The number of hydrogen-bond donors (Lipinski definition) is 0. The molecule has 0 bridgehead atoms. The summed E-state index contributed by atoms with van der Waals surface area (Å²) in [4.78, 5) is 11.0. The Bertz CT molecular complexity index is 142. The van der Waals surface area contributed by atoms with Gasteiger partial charge in [0.1, 0.15) is 0 Å². The van der Waals surface area contributed by atoms with Crippen LogP contribution in [0.2, 0.25) is 0 Å². The zero-order chi connectivity index (χ0) is 9.07. The molecule has 11 heavy (non-hydrogen) atoms. The summed E-state index contributed by atoms with van der Waals surface area (Å²) in [6.45, 7) is 8.15. The minimum atomic E-state index is -0.310. The van der Waals surface area contributed by atoms with E-state index >= 15 is 0 Å². The highest BCUT2D eigenvalue weighted by atomic mass is 35.5. The van der Waals surface area contributed by atoms with E-state index in [1.165, 1.54) is 0 Å². The van der Waals surface area contributed by atoms with Crippen molar-refractivity contribution in [2.24, 2.45) is 11.3 Å². The van der Waals surface area contributed by atoms with Crippen LogP contribution in [-0.2, 0) is 4.79 Å². The van der Waals surface area contributed by atoms with Crippen molar-refractivity contribution in [3.8, 4) is 0 Å². The van der Waals surface area contributed by atoms with Crippen molar-refractivity contribution in [2.75, 3.05) is 0 Å². The average molecular weight is 177 g/mol. The van der Waals surface area contributed by atoms with Gasteiger partial charge < -0.3 is 0 Å². The first-order chi connectivity index (χ1) is 4.92. The smallest absolute Gasteiger partial charge is 0.227 e. The highest BCUT2D eigenvalue weighted by Crippen LogP contribution is 2.31. The molecule has 0 N–H and O–H groups in total. The number of halogens is 1. The molecule has 0 aromatic rings. The van der Waals surface area contributed by atoms with Crippen LogP contribution in [-0.4, -0.2) is 5.24 Å². The summed E-state index contributed by atoms with van der Waals surface area (Å²) in [6, 6.07) is 0. The molecule has 0 aliphatic rings. The fourth-order valence-corrected chi connectivity index (χ4v) is 1.48. The van der Waals surface area contributed by atoms with Crippen molar-refractivity contribution >= 4 is 16.8 Å². The second kappa shape index (κ2) is 4.10. The van der Waals surface area contributed by atoms with Crippen LogP contribution in [0, 0.1) is 11.3 Å². The van der Waals surface area contributed by atoms with Gasteiger partial charge in [-0.25, -0.2) is 0 Å². The minimum absolute atomic E-state index is 0.200. The van der Waals surface area contributed by atoms with Crippen LogP contribution in [0.1, 0.15) is 40.5 Å². The van der Waals surface area contributed by atoms with Gasteiger partial charge in [0, 0.05) is 5.41 Å². The van der Waals surface area contributed by atoms with E-state index in [1.807, 2.05) is 13.8 Å². The van der Waals surface area contributed by atoms with Crippen LogP contribution in [0.4, 0.5) is 0 Å². The van der Waals surface area contributed by atoms with Gasteiger partial charge in [0.15, 0.2) is 0 Å². The Morgan fingerprint density at radius 1 is 1.55 bits per heavy atom. The van der Waals surface area contributed by atoms with Crippen molar-refractivity contribution in [2.45, 2.75) is 40.5 Å². The largest absolute Gasteiger partial charge is 0.281 e. The molecular weight excluding hydrogens is 160 g/mol. The van der Waals surface area contributed by atoms with Crippen molar-refractivity contribution in [3.05, 3.63) is 0 Å². The van der Waals surface area contributed by atoms with Gasteiger partial charge in [-0.1, -0.05) is 27.7 Å². The van der Waals surface area contributed by atoms with Crippen molar-refractivity contribution < 1.29 is 4.79 Å². The maximum absolute atomic E-state index is 11.0. The highest BCUT2D eigenvalue weighted by Gasteiger charge is 2.30. The van der Waals surface area contributed by atoms with Gasteiger partial charge in [0.05, 0.1) is 0 Å². The van der Waals surface area contributed by atoms with E-state index < -0.39 is 0 Å². The molecule has 0 aromatic heterocycles. The Balaban J connectivity index is 4.22. The van der Waals surface area contributed by atoms with Crippen LogP contribution < -0.4 is 0 Å². The summed E-state index contributed by atoms with van der Waals surface area (Å²) < 4.78 is 0. The van der Waals surface area contributed by atoms with Gasteiger partial charge in [0.2, 0.25) is 5.24 Å². The standard InChI is InChI=1S/C9H17ClO/c1-5-9(4,8(10)11)6-7(2)3/h7H,5-6H2,1-4H3. The first-order valence-corrected chi connectivity index (χ1v) is 4.50. The topological polar surface area (TPSA) is 17.1 Å². The van der Waals surface area contributed by atoms with Gasteiger partial charge in [-0.05, 0) is 30.4 Å². The van der Waals surface area contributed by atoms with Gasteiger partial charge in [-0.3, -0.25) is 4.79 Å². The zero-order valence-electron chi connectivity index (χ0n) is 7.78. The molecule has 0 aliphatic carbocycles. The lowest BCUT2D eigenvalue weighted by Crippen LogP contribution is -2.24. The molecule has 0 amide bonds. The summed E-state index contributed by atoms with van der Waals surface area (Å²) in [6.07, 6.45) is 1.71. The molecule has 2 heteroatoms. The van der Waals surface area contributed by atoms with Gasteiger partial charge in [0.25, 0.3) is 0 Å². The second-order valence-electron chi connectivity index (χ2n) is 3.79. The summed E-state index contributed by atoms with van der Waals surface area (Å²) in [7, 11) is 0. The van der Waals surface area contributed by atoms with Crippen molar-refractivity contribution in [1.29, 1.82) is 0 Å². The number of carbonyl (C=O) groups is 1. The lowest BCUT2D eigenvalue weighted by molar-refractivity contribution is -0.120. The van der Waals surface area contributed by atoms with E-state index in [9.17, 15) is 4.79 Å². The Morgan fingerprint density at radius 3 is 2.09 bits per heavy atom. The summed E-state index contributed by atoms with van der Waals surface area (Å²) in [5.74, 6) is 0.530. The molecule has 0 saturated heterocycles. The van der Waals surface area contributed by atoms with Crippen LogP contribution >= 0.6 is 11.6 Å². The van der Waals surface area contributed by atoms with Crippen LogP contribution in [0.15, 0.2) is 0 Å². The molecule has 66 valence electrons. The van der Waals surface area contributed by atoms with Crippen LogP contribution in [0.3, 0.4) is 0 Å². The lowest BCUT2D eigenvalue weighted by atomic mass is 9.81. The van der Waals surface area contributed by atoms with Gasteiger partial charge >= 0.3 is 0 Å². The van der Waals surface area contributed by atoms with Crippen LogP contribution in [0.5, 0.6) is 0 Å². The summed E-state index contributed by atoms with van der Waals surface area (Å²) in [5, 5.41) is -0.200. The Labute approximate surface area is 74.1 Å². The monoisotopic (exact) mass is 176 g/mol. The quantitative estimate of drug-likeness (QED) is 0.602. The first-order valence-electron chi connectivity index (χ1n) is 4.12. The highest BCUT2D eigenvalue weighted by molar-refractivity contribution is 6.64. The summed E-state index contributed by atoms with van der Waals surface area (Å²) >= 11 is 5.49. The van der Waals surface area contributed by atoms with Gasteiger partial charge in [-0.2, -0.15) is 0 Å². The third kappa shape index (κ3) is 3.24. The third-order valence-corrected chi connectivity index (χ3v) is 2.57. The van der Waals surface area contributed by atoms with E-state index in [1.54, 1.807) is 0 Å². The molecule has 1 unspecified atom stereocenters. The molecule has 0 rings (SSSR count). The van der Waals surface area contributed by atoms with E-state index in [4.69, 9.17) is 11.6 Å². The molecule has 0 spiro atoms. The van der Waals surface area contributed by atoms with E-state index in [0.29, 0.717) is 5.92 Å². The molecule has 1 atom stereocenters.